The molecule has 1 saturated heterocycles. The summed E-state index contributed by atoms with van der Waals surface area (Å²) in [5.74, 6) is 0.824. The number of benzene rings is 1. The van der Waals surface area contributed by atoms with E-state index in [4.69, 9.17) is 17.3 Å². The van der Waals surface area contributed by atoms with Gasteiger partial charge in [-0.25, -0.2) is 0 Å². The number of rotatable bonds is 4. The van der Waals surface area contributed by atoms with Crippen LogP contribution in [0, 0.1) is 5.92 Å². The lowest BCUT2D eigenvalue weighted by atomic mass is 9.92. The molecule has 0 spiro atoms. The predicted molar refractivity (Wildman–Crippen MR) is 77.8 cm³/mol. The minimum absolute atomic E-state index is 0.414. The zero-order valence-electron chi connectivity index (χ0n) is 11.1. The third kappa shape index (κ3) is 3.25. The number of piperidine rings is 1. The summed E-state index contributed by atoms with van der Waals surface area (Å²) in [4.78, 5) is 2.54. The monoisotopic (exact) mass is 266 g/mol. The van der Waals surface area contributed by atoms with Gasteiger partial charge in [-0.2, -0.15) is 0 Å². The van der Waals surface area contributed by atoms with E-state index in [1.54, 1.807) is 0 Å². The van der Waals surface area contributed by atoms with Gasteiger partial charge in [0.05, 0.1) is 0 Å². The molecule has 0 radical (unpaired) electrons. The summed E-state index contributed by atoms with van der Waals surface area (Å²) in [7, 11) is 0. The fraction of sp³-hybridized carbons (Fsp3) is 0.600. The molecule has 0 aromatic heterocycles. The van der Waals surface area contributed by atoms with Crippen LogP contribution in [0.1, 0.15) is 37.8 Å². The molecule has 1 aliphatic heterocycles. The lowest BCUT2D eigenvalue weighted by Crippen LogP contribution is -2.36. The quantitative estimate of drug-likeness (QED) is 0.904. The number of nitrogens with zero attached hydrogens (tertiary/aromatic N) is 1. The Morgan fingerprint density at radius 3 is 2.61 bits per heavy atom. The third-order valence-corrected chi connectivity index (χ3v) is 4.47. The molecule has 1 heterocycles. The van der Waals surface area contributed by atoms with E-state index in [2.05, 4.69) is 24.0 Å². The van der Waals surface area contributed by atoms with Gasteiger partial charge in [-0.3, -0.25) is 4.90 Å². The molecule has 1 aliphatic rings. The topological polar surface area (TPSA) is 29.3 Å². The van der Waals surface area contributed by atoms with Crippen molar-refractivity contribution in [3.8, 4) is 0 Å². The van der Waals surface area contributed by atoms with Crippen molar-refractivity contribution in [1.29, 1.82) is 0 Å². The van der Waals surface area contributed by atoms with Gasteiger partial charge in [-0.15, -0.1) is 0 Å². The molecule has 1 unspecified atom stereocenters. The molecule has 0 aliphatic carbocycles. The molecule has 2 nitrogen and oxygen atoms in total. The zero-order chi connectivity index (χ0) is 13.0. The van der Waals surface area contributed by atoms with Crippen LogP contribution < -0.4 is 5.73 Å². The SMILES string of the molecule is CC(c1ccccc1Cl)N1CCC(CCN)CC1. The van der Waals surface area contributed by atoms with E-state index in [0.717, 1.165) is 30.6 Å². The Kier molecular flexibility index (Phi) is 5.04. The van der Waals surface area contributed by atoms with Gasteiger partial charge in [-0.1, -0.05) is 29.8 Å². The highest BCUT2D eigenvalue weighted by atomic mass is 35.5. The first-order valence-corrected chi connectivity index (χ1v) is 7.28. The van der Waals surface area contributed by atoms with Gasteiger partial charge in [0.1, 0.15) is 0 Å². The van der Waals surface area contributed by atoms with Crippen LogP contribution in [0.25, 0.3) is 0 Å². The van der Waals surface area contributed by atoms with Gasteiger partial charge >= 0.3 is 0 Å². The van der Waals surface area contributed by atoms with Crippen molar-refractivity contribution in [2.75, 3.05) is 19.6 Å². The molecule has 1 atom stereocenters. The molecule has 100 valence electrons. The standard InChI is InChI=1S/C15H23ClN2/c1-12(14-4-2-3-5-15(14)16)18-10-7-13(6-9-17)8-11-18/h2-5,12-13H,6-11,17H2,1H3. The zero-order valence-corrected chi connectivity index (χ0v) is 11.9. The summed E-state index contributed by atoms with van der Waals surface area (Å²) in [5.41, 5.74) is 6.88. The highest BCUT2D eigenvalue weighted by molar-refractivity contribution is 6.31. The Labute approximate surface area is 115 Å². The Hall–Kier alpha value is -0.570. The number of hydrogen-bond acceptors (Lipinski definition) is 2. The average molecular weight is 267 g/mol. The third-order valence-electron chi connectivity index (χ3n) is 4.13. The first-order valence-electron chi connectivity index (χ1n) is 6.91. The van der Waals surface area contributed by atoms with Crippen molar-refractivity contribution in [2.24, 2.45) is 11.7 Å². The fourth-order valence-corrected chi connectivity index (χ4v) is 3.17. The molecule has 0 bridgehead atoms. The Bertz CT molecular complexity index is 373. The smallest absolute Gasteiger partial charge is 0.0453 e. The van der Waals surface area contributed by atoms with Gasteiger partial charge in [0.15, 0.2) is 0 Å². The normalized spacial score (nSPS) is 19.9. The minimum Gasteiger partial charge on any atom is -0.330 e. The Morgan fingerprint density at radius 1 is 1.33 bits per heavy atom. The largest absolute Gasteiger partial charge is 0.330 e. The first kappa shape index (κ1) is 13.9. The van der Waals surface area contributed by atoms with Crippen molar-refractivity contribution >= 4 is 11.6 Å². The second-order valence-corrected chi connectivity index (χ2v) is 5.66. The highest BCUT2D eigenvalue weighted by Gasteiger charge is 2.23. The number of nitrogens with two attached hydrogens (primary N) is 1. The Morgan fingerprint density at radius 2 is 2.00 bits per heavy atom. The molecule has 18 heavy (non-hydrogen) atoms. The molecular formula is C15H23ClN2. The summed E-state index contributed by atoms with van der Waals surface area (Å²) in [6.07, 6.45) is 3.71. The van der Waals surface area contributed by atoms with Gasteiger partial charge in [-0.05, 0) is 63.4 Å². The van der Waals surface area contributed by atoms with Crippen LogP contribution in [0.4, 0.5) is 0 Å². The minimum atomic E-state index is 0.414. The van der Waals surface area contributed by atoms with Crippen molar-refractivity contribution in [1.82, 2.24) is 4.90 Å². The van der Waals surface area contributed by atoms with Crippen LogP contribution >= 0.6 is 11.6 Å². The molecule has 3 heteroatoms. The van der Waals surface area contributed by atoms with Crippen LogP contribution in [0.3, 0.4) is 0 Å². The van der Waals surface area contributed by atoms with E-state index in [1.807, 2.05) is 12.1 Å². The molecule has 2 N–H and O–H groups in total. The van der Waals surface area contributed by atoms with E-state index in [0.29, 0.717) is 6.04 Å². The summed E-state index contributed by atoms with van der Waals surface area (Å²) < 4.78 is 0. The molecule has 0 amide bonds. The first-order chi connectivity index (χ1) is 8.72. The van der Waals surface area contributed by atoms with Crippen LogP contribution in [-0.2, 0) is 0 Å². The van der Waals surface area contributed by atoms with E-state index in [1.165, 1.54) is 24.8 Å². The van der Waals surface area contributed by atoms with Crippen LogP contribution in [0.5, 0.6) is 0 Å². The number of hydrogen-bond donors (Lipinski definition) is 1. The second-order valence-electron chi connectivity index (χ2n) is 5.25. The maximum Gasteiger partial charge on any atom is 0.0453 e. The van der Waals surface area contributed by atoms with Gasteiger partial charge in [0.25, 0.3) is 0 Å². The molecule has 2 rings (SSSR count). The molecule has 0 saturated carbocycles. The number of likely N-dealkylation sites (tertiary alicyclic amines) is 1. The Balaban J connectivity index is 1.95. The molecule has 1 aromatic carbocycles. The summed E-state index contributed by atoms with van der Waals surface area (Å²) >= 11 is 6.27. The molecular weight excluding hydrogens is 244 g/mol. The van der Waals surface area contributed by atoms with Gasteiger partial charge in [0, 0.05) is 11.1 Å². The van der Waals surface area contributed by atoms with E-state index < -0.39 is 0 Å². The van der Waals surface area contributed by atoms with Crippen LogP contribution in [0.15, 0.2) is 24.3 Å². The summed E-state index contributed by atoms with van der Waals surface area (Å²) in [6.45, 7) is 5.41. The van der Waals surface area contributed by atoms with Crippen molar-refractivity contribution in [2.45, 2.75) is 32.2 Å². The van der Waals surface area contributed by atoms with Crippen LogP contribution in [-0.4, -0.2) is 24.5 Å². The average Bonchev–Trinajstić information content (AvgIpc) is 2.40. The van der Waals surface area contributed by atoms with Gasteiger partial charge < -0.3 is 5.73 Å². The second kappa shape index (κ2) is 6.55. The summed E-state index contributed by atoms with van der Waals surface area (Å²) in [5, 5.41) is 0.883. The van der Waals surface area contributed by atoms with E-state index in [9.17, 15) is 0 Å². The maximum absolute atomic E-state index is 6.27. The van der Waals surface area contributed by atoms with Crippen molar-refractivity contribution < 1.29 is 0 Å². The lowest BCUT2D eigenvalue weighted by Gasteiger charge is -2.36. The van der Waals surface area contributed by atoms with Gasteiger partial charge in [0.2, 0.25) is 0 Å². The van der Waals surface area contributed by atoms with Crippen molar-refractivity contribution in [3.05, 3.63) is 34.9 Å². The van der Waals surface area contributed by atoms with Crippen molar-refractivity contribution in [3.63, 3.8) is 0 Å². The highest BCUT2D eigenvalue weighted by Crippen LogP contribution is 2.31. The maximum atomic E-state index is 6.27. The van der Waals surface area contributed by atoms with E-state index in [-0.39, 0.29) is 0 Å². The fourth-order valence-electron chi connectivity index (χ4n) is 2.88. The van der Waals surface area contributed by atoms with E-state index >= 15 is 0 Å². The predicted octanol–water partition coefficient (Wildman–Crippen LogP) is 3.46. The number of halogens is 1. The summed E-state index contributed by atoms with van der Waals surface area (Å²) in [6, 6.07) is 8.59. The molecule has 1 aromatic rings. The lowest BCUT2D eigenvalue weighted by molar-refractivity contribution is 0.138. The van der Waals surface area contributed by atoms with Crippen LogP contribution in [0.2, 0.25) is 5.02 Å². The molecule has 1 fully saturated rings.